The van der Waals surface area contributed by atoms with E-state index < -0.39 is 0 Å². The molecule has 0 radical (unpaired) electrons. The van der Waals surface area contributed by atoms with E-state index in [0.29, 0.717) is 0 Å². The van der Waals surface area contributed by atoms with Gasteiger partial charge in [0.15, 0.2) is 0 Å². The lowest BCUT2D eigenvalue weighted by molar-refractivity contribution is 0.885. The molecule has 0 unspecified atom stereocenters. The largest absolute Gasteiger partial charge is 0.0935 e. The predicted octanol–water partition coefficient (Wildman–Crippen LogP) is 4.16. The molecule has 15 heavy (non-hydrogen) atoms. The molecule has 76 valence electrons. The Bertz CT molecular complexity index is 454. The van der Waals surface area contributed by atoms with Gasteiger partial charge >= 0.3 is 0 Å². The van der Waals surface area contributed by atoms with Crippen molar-refractivity contribution in [2.75, 3.05) is 0 Å². The molecule has 0 aromatic heterocycles. The molecule has 2 rings (SSSR count). The van der Waals surface area contributed by atoms with Gasteiger partial charge in [-0.3, -0.25) is 0 Å². The summed E-state index contributed by atoms with van der Waals surface area (Å²) in [6.07, 6.45) is 3.30. The molecule has 0 saturated carbocycles. The lowest BCUT2D eigenvalue weighted by atomic mass is 10.0. The third-order valence-electron chi connectivity index (χ3n) is 2.65. The third kappa shape index (κ3) is 2.42. The highest BCUT2D eigenvalue weighted by Crippen LogP contribution is 2.19. The fraction of sp³-hybridized carbons (Fsp3) is 0.214. The first-order valence-corrected chi connectivity index (χ1v) is 5.79. The molecule has 0 atom stereocenters. The van der Waals surface area contributed by atoms with Crippen molar-refractivity contribution in [3.05, 3.63) is 48.0 Å². The van der Waals surface area contributed by atoms with Gasteiger partial charge in [-0.05, 0) is 41.0 Å². The van der Waals surface area contributed by atoms with Crippen molar-refractivity contribution >= 4 is 28.4 Å². The quantitative estimate of drug-likeness (QED) is 0.544. The van der Waals surface area contributed by atoms with Crippen molar-refractivity contribution in [1.82, 2.24) is 0 Å². The number of hydrogen-bond donors (Lipinski definition) is 0. The van der Waals surface area contributed by atoms with Crippen molar-refractivity contribution in [2.45, 2.75) is 19.3 Å². The average Bonchev–Trinajstić information content (AvgIpc) is 2.30. The summed E-state index contributed by atoms with van der Waals surface area (Å²) in [6, 6.07) is 15.1. The fourth-order valence-corrected chi connectivity index (χ4v) is 2.05. The molecular weight excluding hydrogens is 200 g/mol. The minimum absolute atomic E-state index is 1.03. The van der Waals surface area contributed by atoms with Gasteiger partial charge in [-0.1, -0.05) is 54.7 Å². The molecule has 0 N–H and O–H groups in total. The van der Waals surface area contributed by atoms with Crippen molar-refractivity contribution in [3.8, 4) is 0 Å². The van der Waals surface area contributed by atoms with Gasteiger partial charge in [0.25, 0.3) is 0 Å². The lowest BCUT2D eigenvalue weighted by Crippen LogP contribution is -1.87. The number of hydrogen-bond acceptors (Lipinski definition) is 1. The summed E-state index contributed by atoms with van der Waals surface area (Å²) < 4.78 is 0. The Morgan fingerprint density at radius 3 is 2.67 bits per heavy atom. The van der Waals surface area contributed by atoms with Crippen LogP contribution < -0.4 is 0 Å². The number of aryl methyl sites for hydroxylation is 1. The van der Waals surface area contributed by atoms with Gasteiger partial charge in [0, 0.05) is 0 Å². The van der Waals surface area contributed by atoms with E-state index >= 15 is 0 Å². The zero-order chi connectivity index (χ0) is 10.5. The maximum absolute atomic E-state index is 4.84. The highest BCUT2D eigenvalue weighted by molar-refractivity contribution is 7.78. The minimum Gasteiger partial charge on any atom is -0.0935 e. The summed E-state index contributed by atoms with van der Waals surface area (Å²) in [6.45, 7) is 0. The number of thiocarbonyl (C=S) groups is 1. The van der Waals surface area contributed by atoms with Gasteiger partial charge in [0.2, 0.25) is 0 Å². The molecule has 0 amide bonds. The second-order valence-corrected chi connectivity index (χ2v) is 4.03. The van der Waals surface area contributed by atoms with Crippen LogP contribution in [-0.2, 0) is 6.42 Å². The van der Waals surface area contributed by atoms with Crippen molar-refractivity contribution in [1.29, 1.82) is 0 Å². The Balaban J connectivity index is 2.30. The maximum atomic E-state index is 4.84. The third-order valence-corrected chi connectivity index (χ3v) is 2.88. The van der Waals surface area contributed by atoms with Crippen LogP contribution >= 0.6 is 12.2 Å². The highest BCUT2D eigenvalue weighted by Gasteiger charge is 1.98. The van der Waals surface area contributed by atoms with Crippen LogP contribution in [0.4, 0.5) is 0 Å². The first-order chi connectivity index (χ1) is 7.42. The summed E-state index contributed by atoms with van der Waals surface area (Å²) >= 11 is 4.84. The maximum Gasteiger partial charge on any atom is -0.0152 e. The molecule has 0 nitrogen and oxygen atoms in total. The SMILES string of the molecule is S=CCCCc1cccc2ccccc12. The Hall–Kier alpha value is -1.21. The average molecular weight is 214 g/mol. The van der Waals surface area contributed by atoms with Crippen LogP contribution in [0.5, 0.6) is 0 Å². The Labute approximate surface area is 95.9 Å². The Morgan fingerprint density at radius 1 is 1.00 bits per heavy atom. The summed E-state index contributed by atoms with van der Waals surface area (Å²) in [5.74, 6) is 0. The summed E-state index contributed by atoms with van der Waals surface area (Å²) in [7, 11) is 0. The molecule has 2 aromatic carbocycles. The van der Waals surface area contributed by atoms with Crippen molar-refractivity contribution in [2.24, 2.45) is 0 Å². The Morgan fingerprint density at radius 2 is 1.80 bits per heavy atom. The Kier molecular flexibility index (Phi) is 3.46. The van der Waals surface area contributed by atoms with Crippen LogP contribution in [-0.4, -0.2) is 5.37 Å². The first kappa shape index (κ1) is 10.3. The second kappa shape index (κ2) is 5.04. The minimum atomic E-state index is 1.03. The molecule has 1 heteroatoms. The normalized spacial score (nSPS) is 10.4. The molecule has 0 bridgehead atoms. The van der Waals surface area contributed by atoms with E-state index in [1.165, 1.54) is 16.3 Å². The van der Waals surface area contributed by atoms with Crippen LogP contribution in [0, 0.1) is 0 Å². The van der Waals surface area contributed by atoms with Gasteiger partial charge in [-0.2, -0.15) is 0 Å². The van der Waals surface area contributed by atoms with E-state index in [4.69, 9.17) is 12.2 Å². The second-order valence-electron chi connectivity index (χ2n) is 3.70. The number of benzene rings is 2. The summed E-state index contributed by atoms with van der Waals surface area (Å²) in [5, 5.41) is 4.53. The van der Waals surface area contributed by atoms with Crippen molar-refractivity contribution < 1.29 is 0 Å². The lowest BCUT2D eigenvalue weighted by Gasteiger charge is -2.05. The zero-order valence-corrected chi connectivity index (χ0v) is 9.46. The van der Waals surface area contributed by atoms with Crippen LogP contribution in [0.25, 0.3) is 10.8 Å². The predicted molar refractivity (Wildman–Crippen MR) is 70.5 cm³/mol. The molecule has 0 spiro atoms. The molecule has 0 fully saturated rings. The molecule has 0 heterocycles. The van der Waals surface area contributed by atoms with E-state index in [1.54, 1.807) is 0 Å². The van der Waals surface area contributed by atoms with Crippen LogP contribution in [0.1, 0.15) is 18.4 Å². The van der Waals surface area contributed by atoms with Crippen LogP contribution in [0.3, 0.4) is 0 Å². The van der Waals surface area contributed by atoms with Gasteiger partial charge in [-0.25, -0.2) is 0 Å². The van der Waals surface area contributed by atoms with Crippen molar-refractivity contribution in [3.63, 3.8) is 0 Å². The molecule has 2 aromatic rings. The smallest absolute Gasteiger partial charge is 0.0152 e. The van der Waals surface area contributed by atoms with Gasteiger partial charge in [0.05, 0.1) is 0 Å². The van der Waals surface area contributed by atoms with E-state index in [-0.39, 0.29) is 0 Å². The monoisotopic (exact) mass is 214 g/mol. The van der Waals surface area contributed by atoms with E-state index in [1.807, 2.05) is 5.37 Å². The van der Waals surface area contributed by atoms with E-state index in [0.717, 1.165) is 19.3 Å². The fourth-order valence-electron chi connectivity index (χ4n) is 1.89. The number of rotatable bonds is 4. The standard InChI is InChI=1S/C14H14S/c15-11-4-3-7-13-9-5-8-12-6-1-2-10-14(12)13/h1-2,5-6,8-11H,3-4,7H2. The summed E-state index contributed by atoms with van der Waals surface area (Å²) in [4.78, 5) is 0. The molecule has 0 saturated heterocycles. The summed E-state index contributed by atoms with van der Waals surface area (Å²) in [5.41, 5.74) is 1.44. The van der Waals surface area contributed by atoms with Gasteiger partial charge < -0.3 is 0 Å². The highest BCUT2D eigenvalue weighted by atomic mass is 32.1. The molecule has 0 aliphatic carbocycles. The van der Waals surface area contributed by atoms with E-state index in [9.17, 15) is 0 Å². The van der Waals surface area contributed by atoms with Crippen LogP contribution in [0.2, 0.25) is 0 Å². The van der Waals surface area contributed by atoms with E-state index in [2.05, 4.69) is 42.5 Å². The molecule has 0 aliphatic heterocycles. The van der Waals surface area contributed by atoms with Crippen LogP contribution in [0.15, 0.2) is 42.5 Å². The number of unbranched alkanes of at least 4 members (excludes halogenated alkanes) is 1. The molecule has 0 aliphatic rings. The van der Waals surface area contributed by atoms with Gasteiger partial charge in [0.1, 0.15) is 0 Å². The number of fused-ring (bicyclic) bond motifs is 1. The molecular formula is C14H14S. The first-order valence-electron chi connectivity index (χ1n) is 5.32. The zero-order valence-electron chi connectivity index (χ0n) is 8.65. The van der Waals surface area contributed by atoms with Gasteiger partial charge in [-0.15, -0.1) is 0 Å². The topological polar surface area (TPSA) is 0 Å².